The summed E-state index contributed by atoms with van der Waals surface area (Å²) in [4.78, 5) is 17.1. The highest BCUT2D eigenvalue weighted by Crippen LogP contribution is 2.32. The highest BCUT2D eigenvalue weighted by Gasteiger charge is 2.37. The number of likely N-dealkylation sites (tertiary alicyclic amines) is 1. The van der Waals surface area contributed by atoms with E-state index < -0.39 is 0 Å². The Morgan fingerprint density at radius 1 is 1.14 bits per heavy atom. The molecule has 0 bridgehead atoms. The summed E-state index contributed by atoms with van der Waals surface area (Å²) in [5.74, 6) is 1.19. The zero-order chi connectivity index (χ0) is 15.6. The van der Waals surface area contributed by atoms with Crippen LogP contribution in [-0.4, -0.2) is 60.1 Å². The van der Waals surface area contributed by atoms with Gasteiger partial charge in [-0.2, -0.15) is 0 Å². The Kier molecular flexibility index (Phi) is 5.08. The fourth-order valence-electron chi connectivity index (χ4n) is 4.06. The van der Waals surface area contributed by atoms with Crippen molar-refractivity contribution in [1.82, 2.24) is 9.80 Å². The molecule has 0 aromatic heterocycles. The summed E-state index contributed by atoms with van der Waals surface area (Å²) in [7, 11) is 0. The predicted molar refractivity (Wildman–Crippen MR) is 87.8 cm³/mol. The first kappa shape index (κ1) is 16.3. The fraction of sp³-hybridized carbons (Fsp3) is 0.944. The zero-order valence-corrected chi connectivity index (χ0v) is 14.4. The standard InChI is InChI=1S/C18H32N2O2/c1-3-18(4-2)14-20(11-12-22-18)16-7-8-17(21)19(10-9-16)13-15-5-6-15/h15-16H,3-14H2,1-2H3/t16-/m0/s1. The Labute approximate surface area is 135 Å². The summed E-state index contributed by atoms with van der Waals surface area (Å²) in [5.41, 5.74) is 0.0439. The van der Waals surface area contributed by atoms with Crippen LogP contribution in [0.4, 0.5) is 0 Å². The number of hydrogen-bond donors (Lipinski definition) is 0. The maximum absolute atomic E-state index is 12.3. The minimum atomic E-state index is 0.0439. The molecule has 1 atom stereocenters. The van der Waals surface area contributed by atoms with Gasteiger partial charge in [0.05, 0.1) is 12.2 Å². The normalized spacial score (nSPS) is 30.4. The van der Waals surface area contributed by atoms with Crippen LogP contribution in [0.1, 0.15) is 58.8 Å². The highest BCUT2D eigenvalue weighted by molar-refractivity contribution is 5.76. The van der Waals surface area contributed by atoms with Gasteiger partial charge in [0.2, 0.25) is 5.91 Å². The van der Waals surface area contributed by atoms with E-state index in [1.807, 2.05) is 0 Å². The van der Waals surface area contributed by atoms with Crippen molar-refractivity contribution in [2.45, 2.75) is 70.4 Å². The molecule has 2 heterocycles. The van der Waals surface area contributed by atoms with Crippen molar-refractivity contribution in [3.05, 3.63) is 0 Å². The van der Waals surface area contributed by atoms with Crippen LogP contribution < -0.4 is 0 Å². The molecule has 4 heteroatoms. The molecule has 3 fully saturated rings. The van der Waals surface area contributed by atoms with Crippen LogP contribution in [0.15, 0.2) is 0 Å². The average Bonchev–Trinajstić information content (AvgIpc) is 3.38. The summed E-state index contributed by atoms with van der Waals surface area (Å²) in [6.45, 7) is 9.37. The van der Waals surface area contributed by atoms with E-state index in [1.54, 1.807) is 0 Å². The topological polar surface area (TPSA) is 32.8 Å². The molecule has 3 aliphatic rings. The Morgan fingerprint density at radius 2 is 1.91 bits per heavy atom. The molecular weight excluding hydrogens is 276 g/mol. The molecule has 1 amide bonds. The van der Waals surface area contributed by atoms with E-state index in [1.165, 1.54) is 12.8 Å². The second-order valence-corrected chi connectivity index (χ2v) is 7.47. The van der Waals surface area contributed by atoms with Crippen LogP contribution in [0.3, 0.4) is 0 Å². The van der Waals surface area contributed by atoms with Gasteiger partial charge in [0.1, 0.15) is 0 Å². The molecule has 3 rings (SSSR count). The number of hydrogen-bond acceptors (Lipinski definition) is 3. The lowest BCUT2D eigenvalue weighted by atomic mass is 9.93. The van der Waals surface area contributed by atoms with Crippen molar-refractivity contribution < 1.29 is 9.53 Å². The van der Waals surface area contributed by atoms with E-state index in [0.717, 1.165) is 70.8 Å². The lowest BCUT2D eigenvalue weighted by Crippen LogP contribution is -2.54. The second-order valence-electron chi connectivity index (χ2n) is 7.47. The second kappa shape index (κ2) is 6.88. The summed E-state index contributed by atoms with van der Waals surface area (Å²) < 4.78 is 6.10. The van der Waals surface area contributed by atoms with Gasteiger partial charge in [0.25, 0.3) is 0 Å². The van der Waals surface area contributed by atoms with Crippen molar-refractivity contribution in [1.29, 1.82) is 0 Å². The maximum atomic E-state index is 12.3. The third-order valence-corrected chi connectivity index (χ3v) is 6.03. The zero-order valence-electron chi connectivity index (χ0n) is 14.4. The van der Waals surface area contributed by atoms with Crippen molar-refractivity contribution >= 4 is 5.91 Å². The first-order chi connectivity index (χ1) is 10.7. The summed E-state index contributed by atoms with van der Waals surface area (Å²) in [6.07, 6.45) is 7.72. The number of nitrogens with zero attached hydrogens (tertiary/aromatic N) is 2. The van der Waals surface area contributed by atoms with Gasteiger partial charge in [-0.25, -0.2) is 0 Å². The lowest BCUT2D eigenvalue weighted by Gasteiger charge is -2.45. The van der Waals surface area contributed by atoms with Gasteiger partial charge in [0.15, 0.2) is 0 Å². The van der Waals surface area contributed by atoms with E-state index in [0.29, 0.717) is 11.9 Å². The predicted octanol–water partition coefficient (Wildman–Crippen LogP) is 2.67. The molecule has 0 radical (unpaired) electrons. The number of carbonyl (C=O) groups excluding carboxylic acids is 1. The Bertz CT molecular complexity index is 391. The van der Waals surface area contributed by atoms with Crippen molar-refractivity contribution in [3.63, 3.8) is 0 Å². The summed E-state index contributed by atoms with van der Waals surface area (Å²) >= 11 is 0. The van der Waals surface area contributed by atoms with E-state index in [4.69, 9.17) is 4.74 Å². The first-order valence-electron chi connectivity index (χ1n) is 9.31. The number of amides is 1. The quantitative estimate of drug-likeness (QED) is 0.783. The smallest absolute Gasteiger partial charge is 0.222 e. The largest absolute Gasteiger partial charge is 0.372 e. The van der Waals surface area contributed by atoms with E-state index >= 15 is 0 Å². The molecular formula is C18H32N2O2. The molecule has 126 valence electrons. The third kappa shape index (κ3) is 3.65. The van der Waals surface area contributed by atoms with Gasteiger partial charge >= 0.3 is 0 Å². The van der Waals surface area contributed by atoms with Gasteiger partial charge in [-0.15, -0.1) is 0 Å². The summed E-state index contributed by atoms with van der Waals surface area (Å²) in [6, 6.07) is 0.564. The van der Waals surface area contributed by atoms with Crippen molar-refractivity contribution in [2.24, 2.45) is 5.92 Å². The molecule has 0 N–H and O–H groups in total. The first-order valence-corrected chi connectivity index (χ1v) is 9.31. The third-order valence-electron chi connectivity index (χ3n) is 6.03. The van der Waals surface area contributed by atoms with Gasteiger partial charge in [-0.05, 0) is 44.4 Å². The van der Waals surface area contributed by atoms with Crippen molar-refractivity contribution in [2.75, 3.05) is 32.8 Å². The molecule has 0 spiro atoms. The van der Waals surface area contributed by atoms with Gasteiger partial charge in [-0.1, -0.05) is 13.8 Å². The Balaban J connectivity index is 1.58. The lowest BCUT2D eigenvalue weighted by molar-refractivity contribution is -0.131. The maximum Gasteiger partial charge on any atom is 0.222 e. The molecule has 22 heavy (non-hydrogen) atoms. The molecule has 2 saturated heterocycles. The van der Waals surface area contributed by atoms with E-state index in [9.17, 15) is 4.79 Å². The Hall–Kier alpha value is -0.610. The van der Waals surface area contributed by atoms with Crippen LogP contribution in [-0.2, 0) is 9.53 Å². The average molecular weight is 308 g/mol. The van der Waals surface area contributed by atoms with Gasteiger partial charge in [-0.3, -0.25) is 9.69 Å². The van der Waals surface area contributed by atoms with Crippen LogP contribution in [0.5, 0.6) is 0 Å². The minimum Gasteiger partial charge on any atom is -0.372 e. The molecule has 1 saturated carbocycles. The van der Waals surface area contributed by atoms with Gasteiger partial charge < -0.3 is 9.64 Å². The molecule has 0 aromatic carbocycles. The number of morpholine rings is 1. The molecule has 0 unspecified atom stereocenters. The monoisotopic (exact) mass is 308 g/mol. The molecule has 4 nitrogen and oxygen atoms in total. The number of carbonyl (C=O) groups is 1. The Morgan fingerprint density at radius 3 is 2.59 bits per heavy atom. The summed E-state index contributed by atoms with van der Waals surface area (Å²) in [5, 5.41) is 0. The molecule has 1 aliphatic carbocycles. The van der Waals surface area contributed by atoms with Crippen LogP contribution in [0.25, 0.3) is 0 Å². The number of rotatable bonds is 5. The number of ether oxygens (including phenoxy) is 1. The van der Waals surface area contributed by atoms with Crippen LogP contribution in [0, 0.1) is 5.92 Å². The highest BCUT2D eigenvalue weighted by atomic mass is 16.5. The van der Waals surface area contributed by atoms with Crippen LogP contribution in [0.2, 0.25) is 0 Å². The van der Waals surface area contributed by atoms with E-state index in [-0.39, 0.29) is 5.60 Å². The van der Waals surface area contributed by atoms with Crippen molar-refractivity contribution in [3.8, 4) is 0 Å². The fourth-order valence-corrected chi connectivity index (χ4v) is 4.06. The minimum absolute atomic E-state index is 0.0439. The van der Waals surface area contributed by atoms with Gasteiger partial charge in [0, 0.05) is 38.6 Å². The molecule has 2 aliphatic heterocycles. The SMILES string of the molecule is CCC1(CC)CN([C@H]2CCC(=O)N(CC3CC3)CC2)CCO1. The molecule has 0 aromatic rings. The van der Waals surface area contributed by atoms with E-state index in [2.05, 4.69) is 23.6 Å². The van der Waals surface area contributed by atoms with Crippen LogP contribution >= 0.6 is 0 Å².